The molecule has 0 bridgehead atoms. The van der Waals surface area contributed by atoms with Crippen molar-refractivity contribution >= 4 is 23.8 Å². The molecule has 0 heterocycles. The Hall–Kier alpha value is -3.68. The van der Waals surface area contributed by atoms with Crippen molar-refractivity contribution in [3.63, 3.8) is 0 Å². The van der Waals surface area contributed by atoms with Gasteiger partial charge in [0.2, 0.25) is 0 Å². The maximum atomic E-state index is 12.5. The van der Waals surface area contributed by atoms with Crippen LogP contribution >= 0.6 is 0 Å². The summed E-state index contributed by atoms with van der Waals surface area (Å²) in [6.45, 7) is -0.597. The zero-order chi connectivity index (χ0) is 20.4. The first-order valence-electron chi connectivity index (χ1n) is 8.57. The summed E-state index contributed by atoms with van der Waals surface area (Å²) in [6.07, 6.45) is -0.171. The molecule has 0 aromatic heterocycles. The van der Waals surface area contributed by atoms with Gasteiger partial charge in [0.05, 0.1) is 12.5 Å². The average molecular weight is 383 g/mol. The first kappa shape index (κ1) is 20.6. The first-order chi connectivity index (χ1) is 13.5. The number of ether oxygens (including phenoxy) is 1. The second-order valence-corrected chi connectivity index (χ2v) is 5.79. The van der Waals surface area contributed by atoms with Gasteiger partial charge < -0.3 is 15.4 Å². The number of carbonyl (C=O) groups excluding carboxylic acids is 4. The monoisotopic (exact) mass is 383 g/mol. The molecule has 0 aliphatic heterocycles. The molecule has 0 saturated heterocycles. The third-order valence-electron chi connectivity index (χ3n) is 3.76. The minimum atomic E-state index is -0.753. The van der Waals surface area contributed by atoms with Crippen molar-refractivity contribution in [2.45, 2.75) is 12.5 Å². The molecule has 0 spiro atoms. The third kappa shape index (κ3) is 6.56. The van der Waals surface area contributed by atoms with Gasteiger partial charge >= 0.3 is 12.0 Å². The van der Waals surface area contributed by atoms with Crippen LogP contribution in [0, 0.1) is 0 Å². The summed E-state index contributed by atoms with van der Waals surface area (Å²) in [5, 5.41) is 7.01. The Labute approximate surface area is 162 Å². The number of carbonyl (C=O) groups is 4. The van der Waals surface area contributed by atoms with Crippen LogP contribution in [-0.2, 0) is 14.3 Å². The number of esters is 1. The maximum Gasteiger partial charge on any atom is 0.321 e. The molecule has 8 nitrogen and oxygen atoms in total. The van der Waals surface area contributed by atoms with Gasteiger partial charge in [-0.05, 0) is 17.7 Å². The number of hydrogen-bond donors (Lipinski definition) is 3. The van der Waals surface area contributed by atoms with E-state index in [1.807, 2.05) is 11.4 Å². The molecule has 2 aromatic rings. The van der Waals surface area contributed by atoms with Crippen LogP contribution in [0.25, 0.3) is 0 Å². The van der Waals surface area contributed by atoms with Gasteiger partial charge in [0.1, 0.15) is 0 Å². The van der Waals surface area contributed by atoms with Gasteiger partial charge in [0.15, 0.2) is 6.61 Å². The lowest BCUT2D eigenvalue weighted by Gasteiger charge is -2.18. The van der Waals surface area contributed by atoms with Crippen LogP contribution in [0.5, 0.6) is 0 Å². The van der Waals surface area contributed by atoms with E-state index in [-0.39, 0.29) is 12.3 Å². The molecule has 4 amide bonds. The van der Waals surface area contributed by atoms with Crippen LogP contribution in [0.3, 0.4) is 0 Å². The minimum absolute atomic E-state index is 0.171. The van der Waals surface area contributed by atoms with Gasteiger partial charge in [0, 0.05) is 12.6 Å². The van der Waals surface area contributed by atoms with Gasteiger partial charge in [-0.25, -0.2) is 4.79 Å². The number of benzene rings is 2. The summed E-state index contributed by atoms with van der Waals surface area (Å²) in [5.74, 6) is -1.77. The molecule has 0 aliphatic carbocycles. The van der Waals surface area contributed by atoms with E-state index in [2.05, 4.69) is 10.6 Å². The predicted octanol–water partition coefficient (Wildman–Crippen LogP) is 1.55. The van der Waals surface area contributed by atoms with E-state index in [0.29, 0.717) is 5.56 Å². The molecule has 2 aromatic carbocycles. The van der Waals surface area contributed by atoms with Gasteiger partial charge in [-0.2, -0.15) is 0 Å². The Morgan fingerprint density at radius 1 is 0.929 bits per heavy atom. The normalized spacial score (nSPS) is 11.0. The van der Waals surface area contributed by atoms with Crippen LogP contribution in [-0.4, -0.2) is 37.5 Å². The second kappa shape index (κ2) is 10.5. The molecule has 3 N–H and O–H groups in total. The molecule has 1 atom stereocenters. The van der Waals surface area contributed by atoms with Crippen molar-refractivity contribution in [1.82, 2.24) is 16.0 Å². The highest BCUT2D eigenvalue weighted by atomic mass is 16.5. The predicted molar refractivity (Wildman–Crippen MR) is 101 cm³/mol. The summed E-state index contributed by atoms with van der Waals surface area (Å²) < 4.78 is 4.91. The lowest BCUT2D eigenvalue weighted by Crippen LogP contribution is -2.40. The quantitative estimate of drug-likeness (QED) is 0.628. The maximum absolute atomic E-state index is 12.5. The fourth-order valence-electron chi connectivity index (χ4n) is 2.37. The van der Waals surface area contributed by atoms with E-state index in [1.165, 1.54) is 7.05 Å². The van der Waals surface area contributed by atoms with Crippen LogP contribution in [0.15, 0.2) is 60.7 Å². The van der Waals surface area contributed by atoms with E-state index in [9.17, 15) is 19.2 Å². The van der Waals surface area contributed by atoms with Crippen molar-refractivity contribution in [3.8, 4) is 0 Å². The topological polar surface area (TPSA) is 114 Å². The average Bonchev–Trinajstić information content (AvgIpc) is 2.73. The molecule has 0 unspecified atom stereocenters. The molecule has 0 aliphatic rings. The van der Waals surface area contributed by atoms with Crippen LogP contribution in [0.4, 0.5) is 4.79 Å². The fourth-order valence-corrected chi connectivity index (χ4v) is 2.37. The molecule has 8 heteroatoms. The Kier molecular flexibility index (Phi) is 7.71. The fraction of sp³-hybridized carbons (Fsp3) is 0.200. The van der Waals surface area contributed by atoms with E-state index in [0.717, 1.165) is 5.56 Å². The van der Waals surface area contributed by atoms with E-state index >= 15 is 0 Å². The van der Waals surface area contributed by atoms with Crippen LogP contribution in [0.2, 0.25) is 0 Å². The molecule has 0 fully saturated rings. The Morgan fingerprint density at radius 2 is 1.54 bits per heavy atom. The molecular formula is C20H21N3O5. The molecule has 146 valence electrons. The molecule has 2 rings (SSSR count). The summed E-state index contributed by atoms with van der Waals surface area (Å²) in [6, 6.07) is 16.2. The number of hydrogen-bond acceptors (Lipinski definition) is 5. The van der Waals surface area contributed by atoms with Crippen molar-refractivity contribution in [2.24, 2.45) is 0 Å². The summed E-state index contributed by atoms with van der Waals surface area (Å²) in [5.41, 5.74) is 1.18. The van der Waals surface area contributed by atoms with Crippen molar-refractivity contribution < 1.29 is 23.9 Å². The van der Waals surface area contributed by atoms with E-state index < -0.39 is 30.6 Å². The molecule has 28 heavy (non-hydrogen) atoms. The smallest absolute Gasteiger partial charge is 0.321 e. The second-order valence-electron chi connectivity index (χ2n) is 5.79. The van der Waals surface area contributed by atoms with Crippen molar-refractivity contribution in [3.05, 3.63) is 71.8 Å². The van der Waals surface area contributed by atoms with Gasteiger partial charge in [-0.15, -0.1) is 0 Å². The number of urea groups is 1. The zero-order valence-electron chi connectivity index (χ0n) is 15.3. The highest BCUT2D eigenvalue weighted by Gasteiger charge is 2.21. The summed E-state index contributed by atoms with van der Waals surface area (Å²) in [4.78, 5) is 47.2. The highest BCUT2D eigenvalue weighted by Crippen LogP contribution is 2.18. The standard InChI is InChI=1S/C20H21N3O5/c1-21-20(27)23-17(24)13-28-18(25)12-16(14-8-4-2-5-9-14)22-19(26)15-10-6-3-7-11-15/h2-11,16H,12-13H2,1H3,(H,22,26)(H2,21,23,24,27)/t16-/m0/s1. The van der Waals surface area contributed by atoms with Crippen LogP contribution < -0.4 is 16.0 Å². The van der Waals surface area contributed by atoms with Crippen molar-refractivity contribution in [2.75, 3.05) is 13.7 Å². The summed E-state index contributed by atoms with van der Waals surface area (Å²) >= 11 is 0. The van der Waals surface area contributed by atoms with E-state index in [1.54, 1.807) is 54.6 Å². The largest absolute Gasteiger partial charge is 0.455 e. The molecule has 0 saturated carbocycles. The number of rotatable bonds is 7. The number of amides is 4. The molecule has 0 radical (unpaired) electrons. The number of nitrogens with one attached hydrogen (secondary N) is 3. The zero-order valence-corrected chi connectivity index (χ0v) is 15.3. The Bertz CT molecular complexity index is 824. The van der Waals surface area contributed by atoms with Gasteiger partial charge in [-0.3, -0.25) is 19.7 Å². The number of imide groups is 1. The lowest BCUT2D eigenvalue weighted by atomic mass is 10.0. The van der Waals surface area contributed by atoms with Crippen molar-refractivity contribution in [1.29, 1.82) is 0 Å². The molecular weight excluding hydrogens is 362 g/mol. The Morgan fingerprint density at radius 3 is 2.14 bits per heavy atom. The SMILES string of the molecule is CNC(=O)NC(=O)COC(=O)C[C@H](NC(=O)c1ccccc1)c1ccccc1. The van der Waals surface area contributed by atoms with Crippen LogP contribution in [0.1, 0.15) is 28.4 Å². The highest BCUT2D eigenvalue weighted by molar-refractivity contribution is 5.96. The minimum Gasteiger partial charge on any atom is -0.455 e. The first-order valence-corrected chi connectivity index (χ1v) is 8.57. The Balaban J connectivity index is 2.00. The van der Waals surface area contributed by atoms with Gasteiger partial charge in [-0.1, -0.05) is 48.5 Å². The summed E-state index contributed by atoms with van der Waals surface area (Å²) in [7, 11) is 1.36. The van der Waals surface area contributed by atoms with E-state index in [4.69, 9.17) is 4.74 Å². The third-order valence-corrected chi connectivity index (χ3v) is 3.76. The van der Waals surface area contributed by atoms with Gasteiger partial charge in [0.25, 0.3) is 11.8 Å². The lowest BCUT2D eigenvalue weighted by molar-refractivity contribution is -0.148.